The average molecular weight is 444 g/mol. The summed E-state index contributed by atoms with van der Waals surface area (Å²) in [5.74, 6) is 0.790. The van der Waals surface area contributed by atoms with Crippen molar-refractivity contribution in [2.75, 3.05) is 7.11 Å². The van der Waals surface area contributed by atoms with E-state index in [1.165, 1.54) is 0 Å². The first-order valence-corrected chi connectivity index (χ1v) is 11.0. The molecule has 0 heterocycles. The largest absolute Gasteiger partial charge is 0.497 e. The zero-order valence-electron chi connectivity index (χ0n) is 15.6. The predicted octanol–water partition coefficient (Wildman–Crippen LogP) is 6.41. The van der Waals surface area contributed by atoms with Gasteiger partial charge in [0.25, 0.3) is 0 Å². The van der Waals surface area contributed by atoms with Crippen LogP contribution in [0, 0.1) is 6.92 Å². The first-order valence-electron chi connectivity index (χ1n) is 8.65. The number of ether oxygens (including phenoxy) is 1. The molecule has 0 radical (unpaired) electrons. The first kappa shape index (κ1) is 19.6. The highest BCUT2D eigenvalue weighted by molar-refractivity contribution is 9.10. The summed E-state index contributed by atoms with van der Waals surface area (Å²) in [5, 5.41) is 0. The van der Waals surface area contributed by atoms with Gasteiger partial charge < -0.3 is 4.74 Å². The maximum absolute atomic E-state index is 14.1. The van der Waals surface area contributed by atoms with Crippen LogP contribution in [-0.4, -0.2) is 11.3 Å². The van der Waals surface area contributed by atoms with Crippen LogP contribution in [0.25, 0.3) is 0 Å². The molecule has 0 fully saturated rings. The second kappa shape index (κ2) is 8.28. The molecule has 5 heteroatoms. The monoisotopic (exact) mass is 443 g/mol. The van der Waals surface area contributed by atoms with Crippen LogP contribution < -0.4 is 4.74 Å². The Kier molecular flexibility index (Phi) is 6.02. The molecule has 3 aromatic rings. The molecule has 0 saturated carbocycles. The number of hydrogen-bond acceptors (Lipinski definition) is 3. The van der Waals surface area contributed by atoms with Gasteiger partial charge in [-0.3, -0.25) is 0 Å². The minimum atomic E-state index is -2.77. The van der Waals surface area contributed by atoms with Gasteiger partial charge in [0.15, 0.2) is 0 Å². The summed E-state index contributed by atoms with van der Waals surface area (Å²) in [4.78, 5) is 1.42. The van der Waals surface area contributed by atoms with Gasteiger partial charge in [-0.15, -0.1) is 0 Å². The van der Waals surface area contributed by atoms with Crippen LogP contribution in [-0.2, 0) is 9.73 Å². The number of halogens is 1. The molecule has 0 aliphatic carbocycles. The summed E-state index contributed by atoms with van der Waals surface area (Å²) in [6.45, 7) is 3.98. The molecule has 0 spiro atoms. The lowest BCUT2D eigenvalue weighted by Crippen LogP contribution is -2.05. The van der Waals surface area contributed by atoms with Crippen molar-refractivity contribution in [2.45, 2.75) is 29.7 Å². The standard InChI is InChI=1S/C22H22BrNO2S/c1-16-4-12-21(13-5-16)27(25,22-14-8-19(23)9-15-22)24-17(2)18-6-10-20(26-3)11-7-18/h4-15,17H,1-3H3. The lowest BCUT2D eigenvalue weighted by atomic mass is 10.1. The van der Waals surface area contributed by atoms with E-state index in [9.17, 15) is 4.21 Å². The minimum absolute atomic E-state index is 0.228. The normalized spacial score (nSPS) is 14.2. The summed E-state index contributed by atoms with van der Waals surface area (Å²) in [6, 6.07) is 22.8. The highest BCUT2D eigenvalue weighted by atomic mass is 79.9. The fourth-order valence-corrected chi connectivity index (χ4v) is 5.12. The average Bonchev–Trinajstić information content (AvgIpc) is 2.69. The summed E-state index contributed by atoms with van der Waals surface area (Å²) in [5.41, 5.74) is 2.12. The van der Waals surface area contributed by atoms with Crippen molar-refractivity contribution < 1.29 is 8.95 Å². The van der Waals surface area contributed by atoms with Crippen molar-refractivity contribution in [2.24, 2.45) is 4.36 Å². The van der Waals surface area contributed by atoms with Gasteiger partial charge in [0, 0.05) is 4.47 Å². The van der Waals surface area contributed by atoms with Crippen LogP contribution in [0.2, 0.25) is 0 Å². The van der Waals surface area contributed by atoms with Crippen LogP contribution in [0.5, 0.6) is 5.75 Å². The van der Waals surface area contributed by atoms with Gasteiger partial charge in [-0.1, -0.05) is 45.8 Å². The molecule has 0 N–H and O–H groups in total. The molecule has 2 unspecified atom stereocenters. The molecular formula is C22H22BrNO2S. The van der Waals surface area contributed by atoms with Gasteiger partial charge in [0.2, 0.25) is 0 Å². The Morgan fingerprint density at radius 3 is 1.93 bits per heavy atom. The quantitative estimate of drug-likeness (QED) is 0.456. The maximum Gasteiger partial charge on any atom is 0.118 e. The van der Waals surface area contributed by atoms with Gasteiger partial charge in [-0.25, -0.2) is 8.57 Å². The predicted molar refractivity (Wildman–Crippen MR) is 114 cm³/mol. The van der Waals surface area contributed by atoms with Crippen molar-refractivity contribution in [3.63, 3.8) is 0 Å². The van der Waals surface area contributed by atoms with E-state index in [-0.39, 0.29) is 6.04 Å². The van der Waals surface area contributed by atoms with E-state index < -0.39 is 9.73 Å². The maximum atomic E-state index is 14.1. The Morgan fingerprint density at radius 2 is 1.41 bits per heavy atom. The smallest absolute Gasteiger partial charge is 0.118 e. The summed E-state index contributed by atoms with van der Waals surface area (Å²) >= 11 is 3.44. The molecule has 0 saturated heterocycles. The Bertz CT molecular complexity index is 968. The summed E-state index contributed by atoms with van der Waals surface area (Å²) in [6.07, 6.45) is 0. The number of nitrogens with zero attached hydrogens (tertiary/aromatic N) is 1. The highest BCUT2D eigenvalue weighted by Crippen LogP contribution is 2.30. The molecular weight excluding hydrogens is 422 g/mol. The zero-order valence-corrected chi connectivity index (χ0v) is 18.0. The number of hydrogen-bond donors (Lipinski definition) is 0. The third kappa shape index (κ3) is 4.42. The Hall–Kier alpha value is -2.11. The Balaban J connectivity index is 2.13. The van der Waals surface area contributed by atoms with Crippen molar-refractivity contribution in [1.82, 2.24) is 0 Å². The van der Waals surface area contributed by atoms with Crippen molar-refractivity contribution >= 4 is 25.7 Å². The molecule has 140 valence electrons. The van der Waals surface area contributed by atoms with Crippen molar-refractivity contribution in [1.29, 1.82) is 0 Å². The number of rotatable bonds is 5. The van der Waals surface area contributed by atoms with E-state index in [1.54, 1.807) is 7.11 Å². The molecule has 3 aromatic carbocycles. The van der Waals surface area contributed by atoms with Crippen LogP contribution >= 0.6 is 15.9 Å². The molecule has 0 aliphatic rings. The summed E-state index contributed by atoms with van der Waals surface area (Å²) < 4.78 is 25.1. The van der Waals surface area contributed by atoms with E-state index >= 15 is 0 Å². The third-order valence-electron chi connectivity index (χ3n) is 4.38. The van der Waals surface area contributed by atoms with Gasteiger partial charge >= 0.3 is 0 Å². The van der Waals surface area contributed by atoms with Gasteiger partial charge in [0.1, 0.15) is 15.5 Å². The number of aryl methyl sites for hydroxylation is 1. The van der Waals surface area contributed by atoms with E-state index in [2.05, 4.69) is 15.9 Å². The minimum Gasteiger partial charge on any atom is -0.497 e. The molecule has 0 aromatic heterocycles. The lowest BCUT2D eigenvalue weighted by Gasteiger charge is -2.15. The van der Waals surface area contributed by atoms with Crippen molar-refractivity contribution in [3.05, 3.63) is 88.4 Å². The van der Waals surface area contributed by atoms with E-state index in [4.69, 9.17) is 9.10 Å². The van der Waals surface area contributed by atoms with Crippen LogP contribution in [0.1, 0.15) is 24.1 Å². The fourth-order valence-electron chi connectivity index (χ4n) is 2.77. The zero-order chi connectivity index (χ0) is 19.4. The van der Waals surface area contributed by atoms with E-state index in [1.807, 2.05) is 86.6 Å². The topological polar surface area (TPSA) is 38.7 Å². The summed E-state index contributed by atoms with van der Waals surface area (Å²) in [7, 11) is -1.13. The molecule has 27 heavy (non-hydrogen) atoms. The second-order valence-electron chi connectivity index (χ2n) is 6.35. The van der Waals surface area contributed by atoms with Crippen molar-refractivity contribution in [3.8, 4) is 5.75 Å². The van der Waals surface area contributed by atoms with Gasteiger partial charge in [-0.05, 0) is 67.9 Å². The number of benzene rings is 3. The van der Waals surface area contributed by atoms with Crippen LogP contribution in [0.4, 0.5) is 0 Å². The molecule has 2 atom stereocenters. The lowest BCUT2D eigenvalue weighted by molar-refractivity contribution is 0.414. The van der Waals surface area contributed by atoms with Crippen LogP contribution in [0.3, 0.4) is 0 Å². The van der Waals surface area contributed by atoms with E-state index in [0.717, 1.165) is 26.2 Å². The molecule has 3 nitrogen and oxygen atoms in total. The second-order valence-corrected chi connectivity index (χ2v) is 9.47. The fraction of sp³-hybridized carbons (Fsp3) is 0.182. The van der Waals surface area contributed by atoms with Gasteiger partial charge in [0.05, 0.1) is 22.9 Å². The molecule has 0 bridgehead atoms. The Morgan fingerprint density at radius 1 is 0.889 bits per heavy atom. The third-order valence-corrected chi connectivity index (χ3v) is 7.34. The Labute approximate surface area is 169 Å². The molecule has 0 amide bonds. The highest BCUT2D eigenvalue weighted by Gasteiger charge is 2.18. The molecule has 3 rings (SSSR count). The number of methoxy groups -OCH3 is 1. The van der Waals surface area contributed by atoms with Crippen LogP contribution in [0.15, 0.2) is 91.4 Å². The van der Waals surface area contributed by atoms with E-state index in [0.29, 0.717) is 4.90 Å². The molecule has 0 aliphatic heterocycles. The first-order chi connectivity index (χ1) is 12.9. The van der Waals surface area contributed by atoms with Gasteiger partial charge in [-0.2, -0.15) is 0 Å². The SMILES string of the molecule is COc1ccc(C(C)N=S(=O)(c2ccc(C)cc2)c2ccc(Br)cc2)cc1.